The summed E-state index contributed by atoms with van der Waals surface area (Å²) >= 11 is 0. The molecule has 0 spiro atoms. The highest BCUT2D eigenvalue weighted by molar-refractivity contribution is 5.84. The number of methoxy groups -OCH3 is 1. The van der Waals surface area contributed by atoms with Gasteiger partial charge in [0.05, 0.1) is 18.1 Å². The summed E-state index contributed by atoms with van der Waals surface area (Å²) in [5, 5.41) is 0. The van der Waals surface area contributed by atoms with Crippen molar-refractivity contribution in [1.29, 1.82) is 0 Å². The van der Waals surface area contributed by atoms with Gasteiger partial charge in [0.1, 0.15) is 11.6 Å². The number of imidazole rings is 1. The first kappa shape index (κ1) is 15.6. The van der Waals surface area contributed by atoms with Crippen molar-refractivity contribution >= 4 is 22.3 Å². The Morgan fingerprint density at radius 1 is 0.920 bits per heavy atom. The van der Waals surface area contributed by atoms with Crippen molar-refractivity contribution < 1.29 is 4.74 Å². The van der Waals surface area contributed by atoms with Gasteiger partial charge in [0.15, 0.2) is 11.3 Å². The highest BCUT2D eigenvalue weighted by Crippen LogP contribution is 2.27. The van der Waals surface area contributed by atoms with Gasteiger partial charge in [-0.2, -0.15) is 0 Å². The van der Waals surface area contributed by atoms with E-state index in [4.69, 9.17) is 19.7 Å². The molecule has 5 nitrogen and oxygen atoms in total. The number of para-hydroxylation sites is 2. The fourth-order valence-electron chi connectivity index (χ4n) is 3.00. The Hall–Kier alpha value is -2.95. The van der Waals surface area contributed by atoms with Crippen molar-refractivity contribution in [2.24, 2.45) is 5.92 Å². The molecule has 5 heteroatoms. The molecule has 2 aromatic carbocycles. The van der Waals surface area contributed by atoms with Crippen LogP contribution in [0.15, 0.2) is 48.5 Å². The minimum Gasteiger partial charge on any atom is -0.497 e. The molecule has 25 heavy (non-hydrogen) atoms. The lowest BCUT2D eigenvalue weighted by molar-refractivity contribution is 0.415. The average Bonchev–Trinajstić information content (AvgIpc) is 2.97. The highest BCUT2D eigenvalue weighted by Gasteiger charge is 2.16. The summed E-state index contributed by atoms with van der Waals surface area (Å²) in [5.74, 6) is 2.20. The van der Waals surface area contributed by atoms with E-state index in [9.17, 15) is 0 Å². The van der Waals surface area contributed by atoms with E-state index in [0.717, 1.165) is 40.4 Å². The van der Waals surface area contributed by atoms with Crippen LogP contribution in [-0.2, 0) is 6.54 Å². The normalized spacial score (nSPS) is 11.5. The van der Waals surface area contributed by atoms with Gasteiger partial charge >= 0.3 is 0 Å². The predicted octanol–water partition coefficient (Wildman–Crippen LogP) is 4.31. The van der Waals surface area contributed by atoms with Gasteiger partial charge in [0.2, 0.25) is 0 Å². The fourth-order valence-corrected chi connectivity index (χ4v) is 3.00. The van der Waals surface area contributed by atoms with E-state index in [1.165, 1.54) is 0 Å². The monoisotopic (exact) mass is 332 g/mol. The van der Waals surface area contributed by atoms with Crippen LogP contribution in [0.4, 0.5) is 0 Å². The third kappa shape index (κ3) is 2.82. The topological polar surface area (TPSA) is 52.8 Å². The van der Waals surface area contributed by atoms with Crippen LogP contribution in [0.25, 0.3) is 33.7 Å². The molecule has 126 valence electrons. The molecule has 0 aliphatic heterocycles. The van der Waals surface area contributed by atoms with Crippen molar-refractivity contribution in [2.75, 3.05) is 7.11 Å². The minimum atomic E-state index is 0.475. The van der Waals surface area contributed by atoms with Gasteiger partial charge in [0, 0.05) is 12.1 Å². The van der Waals surface area contributed by atoms with E-state index in [0.29, 0.717) is 11.6 Å². The van der Waals surface area contributed by atoms with E-state index < -0.39 is 0 Å². The minimum absolute atomic E-state index is 0.475. The average molecular weight is 332 g/mol. The summed E-state index contributed by atoms with van der Waals surface area (Å²) in [6.07, 6.45) is 0. The number of nitrogens with zero attached hydrogens (tertiary/aromatic N) is 4. The van der Waals surface area contributed by atoms with Crippen molar-refractivity contribution in [2.45, 2.75) is 20.4 Å². The molecule has 0 bridgehead atoms. The smallest absolute Gasteiger partial charge is 0.198 e. The molecule has 2 heterocycles. The molecular weight excluding hydrogens is 312 g/mol. The molecule has 0 radical (unpaired) electrons. The van der Waals surface area contributed by atoms with Gasteiger partial charge in [0.25, 0.3) is 0 Å². The van der Waals surface area contributed by atoms with Crippen LogP contribution in [0.3, 0.4) is 0 Å². The number of hydrogen-bond donors (Lipinski definition) is 0. The van der Waals surface area contributed by atoms with E-state index in [-0.39, 0.29) is 0 Å². The highest BCUT2D eigenvalue weighted by atomic mass is 16.5. The molecule has 0 aliphatic carbocycles. The standard InChI is InChI=1S/C20H20N4O/c1-13(2)12-24-19(14-8-10-15(25-3)11-9-14)23-18-20(24)22-17-7-5-4-6-16(17)21-18/h4-11,13H,12H2,1-3H3. The molecule has 0 unspecified atom stereocenters. The Balaban J connectivity index is 1.96. The summed E-state index contributed by atoms with van der Waals surface area (Å²) in [6, 6.07) is 15.9. The Kier molecular flexibility index (Phi) is 3.84. The van der Waals surface area contributed by atoms with E-state index in [2.05, 4.69) is 18.4 Å². The second kappa shape index (κ2) is 6.16. The first-order valence-electron chi connectivity index (χ1n) is 8.43. The number of aromatic nitrogens is 4. The fraction of sp³-hybridized carbons (Fsp3) is 0.250. The lowest BCUT2D eigenvalue weighted by Gasteiger charge is -2.11. The summed E-state index contributed by atoms with van der Waals surface area (Å²) in [7, 11) is 1.67. The van der Waals surface area contributed by atoms with Crippen LogP contribution >= 0.6 is 0 Å². The second-order valence-electron chi connectivity index (χ2n) is 6.53. The Bertz CT molecular complexity index is 1030. The van der Waals surface area contributed by atoms with Gasteiger partial charge in [-0.1, -0.05) is 26.0 Å². The van der Waals surface area contributed by atoms with E-state index in [1.54, 1.807) is 7.11 Å². The van der Waals surface area contributed by atoms with Crippen LogP contribution in [0.5, 0.6) is 5.75 Å². The van der Waals surface area contributed by atoms with E-state index in [1.807, 2.05) is 48.5 Å². The molecule has 0 N–H and O–H groups in total. The summed E-state index contributed by atoms with van der Waals surface area (Å²) in [4.78, 5) is 14.3. The number of rotatable bonds is 4. The molecule has 0 saturated heterocycles. The second-order valence-corrected chi connectivity index (χ2v) is 6.53. The van der Waals surface area contributed by atoms with Crippen molar-refractivity contribution in [1.82, 2.24) is 19.5 Å². The zero-order valence-electron chi connectivity index (χ0n) is 14.6. The molecule has 0 aliphatic rings. The molecule has 0 fully saturated rings. The maximum atomic E-state index is 5.26. The maximum Gasteiger partial charge on any atom is 0.198 e. The van der Waals surface area contributed by atoms with Crippen LogP contribution in [0, 0.1) is 5.92 Å². The lowest BCUT2D eigenvalue weighted by atomic mass is 10.2. The third-order valence-corrected chi connectivity index (χ3v) is 4.15. The van der Waals surface area contributed by atoms with Crippen molar-refractivity contribution in [3.63, 3.8) is 0 Å². The van der Waals surface area contributed by atoms with Gasteiger partial charge in [-0.3, -0.25) is 0 Å². The molecule has 2 aromatic heterocycles. The Morgan fingerprint density at radius 3 is 2.24 bits per heavy atom. The molecule has 4 rings (SSSR count). The van der Waals surface area contributed by atoms with Gasteiger partial charge in [-0.15, -0.1) is 0 Å². The molecule has 4 aromatic rings. The largest absolute Gasteiger partial charge is 0.497 e. The first-order chi connectivity index (χ1) is 12.2. The number of fused-ring (bicyclic) bond motifs is 2. The predicted molar refractivity (Wildman–Crippen MR) is 99.7 cm³/mol. The number of benzene rings is 2. The van der Waals surface area contributed by atoms with Crippen LogP contribution in [0.2, 0.25) is 0 Å². The van der Waals surface area contributed by atoms with E-state index >= 15 is 0 Å². The molecule has 0 saturated carbocycles. The zero-order chi connectivity index (χ0) is 17.4. The molecule has 0 atom stereocenters. The van der Waals surface area contributed by atoms with Gasteiger partial charge in [-0.25, -0.2) is 15.0 Å². The zero-order valence-corrected chi connectivity index (χ0v) is 14.6. The molecular formula is C20H20N4O. The Morgan fingerprint density at radius 2 is 1.60 bits per heavy atom. The summed E-state index contributed by atoms with van der Waals surface area (Å²) in [5.41, 5.74) is 4.31. The number of ether oxygens (including phenoxy) is 1. The van der Waals surface area contributed by atoms with Crippen LogP contribution in [-0.4, -0.2) is 26.6 Å². The van der Waals surface area contributed by atoms with Crippen molar-refractivity contribution in [3.8, 4) is 17.1 Å². The maximum absolute atomic E-state index is 5.26. The van der Waals surface area contributed by atoms with Gasteiger partial charge in [-0.05, 0) is 42.3 Å². The Labute approximate surface area is 146 Å². The lowest BCUT2D eigenvalue weighted by Crippen LogP contribution is -2.07. The SMILES string of the molecule is COc1ccc(-c2nc3nc4ccccc4nc3n2CC(C)C)cc1. The molecule has 0 amide bonds. The van der Waals surface area contributed by atoms with Crippen LogP contribution < -0.4 is 4.74 Å². The summed E-state index contributed by atoms with van der Waals surface area (Å²) < 4.78 is 7.43. The quantitative estimate of drug-likeness (QED) is 0.559. The van der Waals surface area contributed by atoms with Crippen molar-refractivity contribution in [3.05, 3.63) is 48.5 Å². The number of hydrogen-bond acceptors (Lipinski definition) is 4. The summed E-state index contributed by atoms with van der Waals surface area (Å²) in [6.45, 7) is 5.22. The van der Waals surface area contributed by atoms with Crippen LogP contribution in [0.1, 0.15) is 13.8 Å². The first-order valence-corrected chi connectivity index (χ1v) is 8.43. The van der Waals surface area contributed by atoms with Gasteiger partial charge < -0.3 is 9.30 Å². The third-order valence-electron chi connectivity index (χ3n) is 4.15.